The number of rotatable bonds is 11. The second-order valence-corrected chi connectivity index (χ2v) is 10.2. The van der Waals surface area contributed by atoms with Crippen LogP contribution >= 0.6 is 0 Å². The summed E-state index contributed by atoms with van der Waals surface area (Å²) in [4.78, 5) is 36.1. The zero-order chi connectivity index (χ0) is 29.5. The van der Waals surface area contributed by atoms with Crippen LogP contribution in [-0.2, 0) is 20.7 Å². The molecule has 0 fully saturated rings. The number of hydrogen-bond acceptors (Lipinski definition) is 6. The van der Waals surface area contributed by atoms with E-state index in [2.05, 4.69) is 9.88 Å². The third kappa shape index (κ3) is 7.37. The van der Waals surface area contributed by atoms with Gasteiger partial charge in [-0.25, -0.2) is 9.38 Å². The summed E-state index contributed by atoms with van der Waals surface area (Å²) < 4.78 is 18.7. The van der Waals surface area contributed by atoms with Gasteiger partial charge in [-0.3, -0.25) is 9.59 Å². The topological polar surface area (TPSA) is 98.2 Å². The van der Waals surface area contributed by atoms with Gasteiger partial charge in [0.1, 0.15) is 5.82 Å². The molecule has 0 spiro atoms. The van der Waals surface area contributed by atoms with Gasteiger partial charge in [0.15, 0.2) is 5.88 Å². The average Bonchev–Trinajstić information content (AvgIpc) is 3.28. The van der Waals surface area contributed by atoms with Gasteiger partial charge in [-0.05, 0) is 87.6 Å². The first-order valence-corrected chi connectivity index (χ1v) is 13.4. The van der Waals surface area contributed by atoms with E-state index in [1.807, 2.05) is 44.4 Å². The molecule has 1 amide bonds. The number of methoxy groups -OCH3 is 1. The molecular formula is C32H35FN4O4. The van der Waals surface area contributed by atoms with Crippen molar-refractivity contribution in [1.82, 2.24) is 9.88 Å². The monoisotopic (exact) mass is 558 g/mol. The number of aromatic hydroxyl groups is 1. The lowest BCUT2D eigenvalue weighted by molar-refractivity contribution is -0.139. The fourth-order valence-electron chi connectivity index (χ4n) is 4.62. The van der Waals surface area contributed by atoms with Crippen molar-refractivity contribution in [2.24, 2.45) is 4.99 Å². The Morgan fingerprint density at radius 1 is 1.00 bits per heavy atom. The molecule has 2 N–H and O–H groups in total. The number of aromatic nitrogens is 1. The molecule has 214 valence electrons. The van der Waals surface area contributed by atoms with Gasteiger partial charge in [-0.15, -0.1) is 0 Å². The molecule has 1 heterocycles. The molecule has 0 radical (unpaired) electrons. The molecule has 0 aliphatic rings. The smallest absolute Gasteiger partial charge is 0.309 e. The fourth-order valence-corrected chi connectivity index (χ4v) is 4.62. The zero-order valence-corrected chi connectivity index (χ0v) is 23.8. The number of aromatic amines is 1. The second-order valence-electron chi connectivity index (χ2n) is 10.2. The number of unbranched alkanes of at least 4 members (excludes halogenated alkanes) is 1. The fraction of sp³-hybridized carbons (Fsp3) is 0.281. The summed E-state index contributed by atoms with van der Waals surface area (Å²) in [6.07, 6.45) is 2.32. The van der Waals surface area contributed by atoms with Gasteiger partial charge in [0, 0.05) is 30.1 Å². The number of benzene rings is 3. The van der Waals surface area contributed by atoms with Crippen LogP contribution in [0.3, 0.4) is 0 Å². The molecular weight excluding hydrogens is 523 g/mol. The number of aliphatic imine (C=N–C) groups is 1. The average molecular weight is 559 g/mol. The van der Waals surface area contributed by atoms with Gasteiger partial charge in [-0.2, -0.15) is 0 Å². The molecule has 0 saturated carbocycles. The molecule has 1 aromatic heterocycles. The molecule has 0 bridgehead atoms. The van der Waals surface area contributed by atoms with Gasteiger partial charge < -0.3 is 24.6 Å². The van der Waals surface area contributed by atoms with Crippen molar-refractivity contribution < 1.29 is 23.8 Å². The summed E-state index contributed by atoms with van der Waals surface area (Å²) >= 11 is 0. The predicted molar refractivity (Wildman–Crippen MR) is 160 cm³/mol. The number of nitrogens with zero attached hydrogens (tertiary/aromatic N) is 3. The van der Waals surface area contributed by atoms with Crippen LogP contribution in [0.5, 0.6) is 5.88 Å². The van der Waals surface area contributed by atoms with E-state index in [-0.39, 0.29) is 24.2 Å². The summed E-state index contributed by atoms with van der Waals surface area (Å²) in [6, 6.07) is 18.7. The zero-order valence-electron chi connectivity index (χ0n) is 23.8. The Hall–Kier alpha value is -4.50. The Kier molecular flexibility index (Phi) is 9.52. The van der Waals surface area contributed by atoms with E-state index in [0.717, 1.165) is 25.1 Å². The van der Waals surface area contributed by atoms with E-state index >= 15 is 0 Å². The SMILES string of the molecule is COC(=O)Cc1cccc(C(=Nc2ccc(N(C)C(=O)CCCCN(C)C)cc2)c2c(O)[nH]c3cc(F)ccc23)c1. The first-order chi connectivity index (χ1) is 19.7. The molecule has 4 rings (SSSR count). The van der Waals surface area contributed by atoms with Crippen LogP contribution in [0.25, 0.3) is 10.9 Å². The van der Waals surface area contributed by atoms with Crippen molar-refractivity contribution in [2.45, 2.75) is 25.7 Å². The molecule has 8 nitrogen and oxygen atoms in total. The number of halogens is 1. The Balaban J connectivity index is 1.69. The molecule has 0 unspecified atom stereocenters. The summed E-state index contributed by atoms with van der Waals surface area (Å²) in [5.74, 6) is -0.924. The van der Waals surface area contributed by atoms with E-state index in [4.69, 9.17) is 9.73 Å². The lowest BCUT2D eigenvalue weighted by Gasteiger charge is -2.18. The number of carbonyl (C=O) groups is 2. The maximum absolute atomic E-state index is 13.9. The number of esters is 1. The van der Waals surface area contributed by atoms with E-state index in [9.17, 15) is 19.1 Å². The molecule has 0 saturated heterocycles. The number of H-pyrrole nitrogens is 1. The van der Waals surface area contributed by atoms with Crippen molar-refractivity contribution in [1.29, 1.82) is 0 Å². The first kappa shape index (κ1) is 29.5. The number of amides is 1. The van der Waals surface area contributed by atoms with Gasteiger partial charge in [0.2, 0.25) is 5.91 Å². The highest BCUT2D eigenvalue weighted by molar-refractivity contribution is 6.22. The second kappa shape index (κ2) is 13.2. The van der Waals surface area contributed by atoms with Crippen LogP contribution in [0, 0.1) is 5.82 Å². The van der Waals surface area contributed by atoms with Crippen LogP contribution in [0.1, 0.15) is 36.0 Å². The van der Waals surface area contributed by atoms with E-state index in [1.165, 1.54) is 19.2 Å². The number of carbonyl (C=O) groups excluding carboxylic acids is 2. The van der Waals surface area contributed by atoms with Crippen molar-refractivity contribution in [3.05, 3.63) is 89.2 Å². The Bertz CT molecular complexity index is 1560. The van der Waals surface area contributed by atoms with Crippen LogP contribution < -0.4 is 4.90 Å². The van der Waals surface area contributed by atoms with Crippen LogP contribution in [0.15, 0.2) is 71.7 Å². The number of ether oxygens (including phenoxy) is 1. The summed E-state index contributed by atoms with van der Waals surface area (Å²) in [5.41, 5.74) is 3.97. The number of nitrogens with one attached hydrogen (secondary N) is 1. The quantitative estimate of drug-likeness (QED) is 0.142. The third-order valence-corrected chi connectivity index (χ3v) is 6.85. The molecule has 0 aliphatic carbocycles. The van der Waals surface area contributed by atoms with Gasteiger partial charge in [-0.1, -0.05) is 18.2 Å². The van der Waals surface area contributed by atoms with Crippen LogP contribution in [0.2, 0.25) is 0 Å². The lowest BCUT2D eigenvalue weighted by Crippen LogP contribution is -2.26. The van der Waals surface area contributed by atoms with Crippen molar-refractivity contribution in [2.75, 3.05) is 39.7 Å². The Morgan fingerprint density at radius 3 is 2.46 bits per heavy atom. The molecule has 0 aliphatic heterocycles. The molecule has 4 aromatic rings. The summed E-state index contributed by atoms with van der Waals surface area (Å²) in [6.45, 7) is 0.943. The highest BCUT2D eigenvalue weighted by atomic mass is 19.1. The minimum absolute atomic E-state index is 0.0408. The van der Waals surface area contributed by atoms with Crippen LogP contribution in [0.4, 0.5) is 15.8 Å². The minimum Gasteiger partial charge on any atom is -0.494 e. The molecule has 41 heavy (non-hydrogen) atoms. The van der Waals surface area contributed by atoms with E-state index in [0.29, 0.717) is 45.4 Å². The minimum atomic E-state index is -0.434. The van der Waals surface area contributed by atoms with Crippen molar-refractivity contribution >= 4 is 39.9 Å². The van der Waals surface area contributed by atoms with Gasteiger partial charge in [0.25, 0.3) is 0 Å². The highest BCUT2D eigenvalue weighted by Crippen LogP contribution is 2.32. The largest absolute Gasteiger partial charge is 0.494 e. The number of fused-ring (bicyclic) bond motifs is 1. The third-order valence-electron chi connectivity index (χ3n) is 6.85. The number of hydrogen-bond donors (Lipinski definition) is 2. The maximum atomic E-state index is 13.9. The van der Waals surface area contributed by atoms with Crippen LogP contribution in [-0.4, -0.2) is 67.4 Å². The summed E-state index contributed by atoms with van der Waals surface area (Å²) in [7, 11) is 7.13. The predicted octanol–water partition coefficient (Wildman–Crippen LogP) is 5.59. The molecule has 3 aromatic carbocycles. The first-order valence-electron chi connectivity index (χ1n) is 13.4. The van der Waals surface area contributed by atoms with E-state index < -0.39 is 5.82 Å². The van der Waals surface area contributed by atoms with Gasteiger partial charge in [0.05, 0.1) is 36.0 Å². The lowest BCUT2D eigenvalue weighted by atomic mass is 9.98. The maximum Gasteiger partial charge on any atom is 0.309 e. The summed E-state index contributed by atoms with van der Waals surface area (Å²) in [5, 5.41) is 11.5. The van der Waals surface area contributed by atoms with Crippen molar-refractivity contribution in [3.8, 4) is 5.88 Å². The molecule has 9 heteroatoms. The Labute approximate surface area is 239 Å². The molecule has 0 atom stereocenters. The normalized spacial score (nSPS) is 11.7. The van der Waals surface area contributed by atoms with E-state index in [1.54, 1.807) is 36.2 Å². The van der Waals surface area contributed by atoms with Crippen molar-refractivity contribution in [3.63, 3.8) is 0 Å². The Morgan fingerprint density at radius 2 is 1.76 bits per heavy atom. The number of anilines is 1. The standard InChI is InChI=1S/C32H35FN4O4/c1-36(2)17-6-5-10-28(38)37(3)25-14-12-24(13-15-25)34-31(22-9-7-8-21(18-22)19-29(39)41-4)30-26-16-11-23(33)20-27(26)35-32(30)40/h7-9,11-16,18,20,35,40H,5-6,10,17,19H2,1-4H3. The highest BCUT2D eigenvalue weighted by Gasteiger charge is 2.20. The van der Waals surface area contributed by atoms with Gasteiger partial charge >= 0.3 is 5.97 Å².